The molecule has 0 aromatic heterocycles. The van der Waals surface area contributed by atoms with Crippen molar-refractivity contribution in [2.75, 3.05) is 23.3 Å². The Labute approximate surface area is 198 Å². The standard InChI is InChI=1S/C25H25Cl3N2O/c26-22-5-4-6-23(27)21(22)17-31-20-10-7-18(8-11-20)16-29-19-9-12-25(24(28)15-19)30-13-2-1-3-14-30/h4-12,15,29H,1-3,13-14,16-17H2. The second-order valence-corrected chi connectivity index (χ2v) is 8.92. The van der Waals surface area contributed by atoms with Crippen molar-refractivity contribution in [1.82, 2.24) is 0 Å². The van der Waals surface area contributed by atoms with Gasteiger partial charge >= 0.3 is 0 Å². The number of hydrogen-bond donors (Lipinski definition) is 1. The maximum atomic E-state index is 6.56. The van der Waals surface area contributed by atoms with Crippen molar-refractivity contribution in [2.45, 2.75) is 32.4 Å². The number of rotatable bonds is 7. The van der Waals surface area contributed by atoms with E-state index in [0.717, 1.165) is 46.4 Å². The zero-order valence-electron chi connectivity index (χ0n) is 17.2. The molecule has 0 radical (unpaired) electrons. The molecule has 0 unspecified atom stereocenters. The minimum atomic E-state index is 0.331. The molecular formula is C25H25Cl3N2O. The number of halogens is 3. The first-order valence-corrected chi connectivity index (χ1v) is 11.7. The van der Waals surface area contributed by atoms with E-state index in [-0.39, 0.29) is 0 Å². The lowest BCUT2D eigenvalue weighted by atomic mass is 10.1. The molecule has 0 aliphatic carbocycles. The van der Waals surface area contributed by atoms with Gasteiger partial charge in [0.1, 0.15) is 12.4 Å². The van der Waals surface area contributed by atoms with E-state index in [1.165, 1.54) is 19.3 Å². The Hall–Kier alpha value is -2.07. The Balaban J connectivity index is 1.31. The molecule has 0 atom stereocenters. The lowest BCUT2D eigenvalue weighted by Gasteiger charge is -2.29. The number of nitrogens with zero attached hydrogens (tertiary/aromatic N) is 1. The molecule has 1 aliphatic heterocycles. The van der Waals surface area contributed by atoms with Crippen LogP contribution in [0.1, 0.15) is 30.4 Å². The van der Waals surface area contributed by atoms with Crippen LogP contribution in [0.25, 0.3) is 0 Å². The van der Waals surface area contributed by atoms with Crippen molar-refractivity contribution in [1.29, 1.82) is 0 Å². The number of ether oxygens (including phenoxy) is 1. The first-order valence-electron chi connectivity index (χ1n) is 10.5. The monoisotopic (exact) mass is 474 g/mol. The van der Waals surface area contributed by atoms with Crippen molar-refractivity contribution < 1.29 is 4.74 Å². The highest BCUT2D eigenvalue weighted by molar-refractivity contribution is 6.36. The van der Waals surface area contributed by atoms with Gasteiger partial charge in [-0.1, -0.05) is 53.0 Å². The molecular weight excluding hydrogens is 451 g/mol. The van der Waals surface area contributed by atoms with E-state index in [9.17, 15) is 0 Å². The molecule has 3 aromatic carbocycles. The van der Waals surface area contributed by atoms with E-state index in [0.29, 0.717) is 23.2 Å². The van der Waals surface area contributed by atoms with Gasteiger partial charge < -0.3 is 15.0 Å². The van der Waals surface area contributed by atoms with Crippen LogP contribution in [0.3, 0.4) is 0 Å². The van der Waals surface area contributed by atoms with Gasteiger partial charge in [0.15, 0.2) is 0 Å². The Bertz CT molecular complexity index is 998. The molecule has 6 heteroatoms. The van der Waals surface area contributed by atoms with E-state index in [1.807, 2.05) is 48.5 Å². The van der Waals surface area contributed by atoms with Gasteiger partial charge in [0.05, 0.1) is 10.7 Å². The molecule has 0 saturated carbocycles. The molecule has 1 aliphatic rings. The van der Waals surface area contributed by atoms with Gasteiger partial charge in [-0.2, -0.15) is 0 Å². The zero-order valence-corrected chi connectivity index (χ0v) is 19.5. The molecule has 0 spiro atoms. The maximum absolute atomic E-state index is 6.56. The van der Waals surface area contributed by atoms with Crippen molar-refractivity contribution >= 4 is 46.2 Å². The topological polar surface area (TPSA) is 24.5 Å². The molecule has 3 aromatic rings. The van der Waals surface area contributed by atoms with Gasteiger partial charge in [-0.05, 0) is 67.3 Å². The summed E-state index contributed by atoms with van der Waals surface area (Å²) in [5.74, 6) is 0.772. The van der Waals surface area contributed by atoms with Gasteiger partial charge in [-0.25, -0.2) is 0 Å². The van der Waals surface area contributed by atoms with E-state index < -0.39 is 0 Å². The van der Waals surface area contributed by atoms with E-state index in [1.54, 1.807) is 0 Å². The Morgan fingerprint density at radius 3 is 2.19 bits per heavy atom. The third-order valence-electron chi connectivity index (χ3n) is 5.51. The summed E-state index contributed by atoms with van der Waals surface area (Å²) in [4.78, 5) is 2.38. The average molecular weight is 476 g/mol. The number of anilines is 2. The second kappa shape index (κ2) is 10.5. The Kier molecular flexibility index (Phi) is 7.49. The summed E-state index contributed by atoms with van der Waals surface area (Å²) in [5.41, 5.74) is 4.09. The van der Waals surface area contributed by atoms with Crippen LogP contribution in [0.5, 0.6) is 5.75 Å². The smallest absolute Gasteiger partial charge is 0.119 e. The highest BCUT2D eigenvalue weighted by atomic mass is 35.5. The van der Waals surface area contributed by atoms with Crippen LogP contribution in [0.2, 0.25) is 15.1 Å². The summed E-state index contributed by atoms with van der Waals surface area (Å²) in [6.45, 7) is 3.21. The van der Waals surface area contributed by atoms with E-state index in [4.69, 9.17) is 39.5 Å². The molecule has 162 valence electrons. The van der Waals surface area contributed by atoms with Gasteiger partial charge in [-0.3, -0.25) is 0 Å². The van der Waals surface area contributed by atoms with Crippen molar-refractivity contribution in [3.8, 4) is 5.75 Å². The summed E-state index contributed by atoms with van der Waals surface area (Å²) >= 11 is 19.0. The average Bonchev–Trinajstić information content (AvgIpc) is 2.79. The summed E-state index contributed by atoms with van der Waals surface area (Å²) in [6.07, 6.45) is 3.79. The maximum Gasteiger partial charge on any atom is 0.119 e. The highest BCUT2D eigenvalue weighted by Crippen LogP contribution is 2.31. The second-order valence-electron chi connectivity index (χ2n) is 7.70. The Morgan fingerprint density at radius 1 is 0.806 bits per heavy atom. The predicted molar refractivity (Wildman–Crippen MR) is 132 cm³/mol. The highest BCUT2D eigenvalue weighted by Gasteiger charge is 2.14. The third-order valence-corrected chi connectivity index (χ3v) is 6.52. The van der Waals surface area contributed by atoms with Gasteiger partial charge in [-0.15, -0.1) is 0 Å². The molecule has 0 amide bonds. The van der Waals surface area contributed by atoms with Crippen LogP contribution in [0.15, 0.2) is 60.7 Å². The number of benzene rings is 3. The number of nitrogens with one attached hydrogen (secondary N) is 1. The molecule has 31 heavy (non-hydrogen) atoms. The van der Waals surface area contributed by atoms with Gasteiger partial charge in [0, 0.05) is 40.9 Å². The predicted octanol–water partition coefficient (Wildman–Crippen LogP) is 7.83. The largest absolute Gasteiger partial charge is 0.489 e. The fraction of sp³-hybridized carbons (Fsp3) is 0.280. The molecule has 1 fully saturated rings. The van der Waals surface area contributed by atoms with Crippen LogP contribution in [-0.4, -0.2) is 13.1 Å². The molecule has 1 heterocycles. The summed E-state index contributed by atoms with van der Waals surface area (Å²) < 4.78 is 5.85. The summed E-state index contributed by atoms with van der Waals surface area (Å²) in [5, 5.41) is 5.46. The van der Waals surface area contributed by atoms with Crippen LogP contribution >= 0.6 is 34.8 Å². The van der Waals surface area contributed by atoms with E-state index >= 15 is 0 Å². The van der Waals surface area contributed by atoms with Gasteiger partial charge in [0.2, 0.25) is 0 Å². The normalized spacial score (nSPS) is 13.8. The number of hydrogen-bond acceptors (Lipinski definition) is 3. The first-order chi connectivity index (χ1) is 15.1. The molecule has 4 rings (SSSR count). The molecule has 1 saturated heterocycles. The quantitative estimate of drug-likeness (QED) is 0.377. The van der Waals surface area contributed by atoms with Gasteiger partial charge in [0.25, 0.3) is 0 Å². The Morgan fingerprint density at radius 2 is 1.52 bits per heavy atom. The van der Waals surface area contributed by atoms with Crippen molar-refractivity contribution in [3.63, 3.8) is 0 Å². The first kappa shape index (κ1) is 22.1. The van der Waals surface area contributed by atoms with Crippen LogP contribution in [0, 0.1) is 0 Å². The lowest BCUT2D eigenvalue weighted by Crippen LogP contribution is -2.29. The molecule has 0 bridgehead atoms. The lowest BCUT2D eigenvalue weighted by molar-refractivity contribution is 0.306. The minimum Gasteiger partial charge on any atom is -0.489 e. The van der Waals surface area contributed by atoms with Crippen LogP contribution < -0.4 is 15.0 Å². The van der Waals surface area contributed by atoms with E-state index in [2.05, 4.69) is 22.3 Å². The third kappa shape index (κ3) is 5.79. The van der Waals surface area contributed by atoms with Crippen LogP contribution in [0.4, 0.5) is 11.4 Å². The van der Waals surface area contributed by atoms with Crippen molar-refractivity contribution in [3.05, 3.63) is 86.9 Å². The SMILES string of the molecule is Clc1cc(NCc2ccc(OCc3c(Cl)cccc3Cl)cc2)ccc1N1CCCCC1. The number of piperidine rings is 1. The summed E-state index contributed by atoms with van der Waals surface area (Å²) in [6, 6.07) is 19.7. The van der Waals surface area contributed by atoms with Crippen molar-refractivity contribution in [2.24, 2.45) is 0 Å². The minimum absolute atomic E-state index is 0.331. The summed E-state index contributed by atoms with van der Waals surface area (Å²) in [7, 11) is 0. The molecule has 3 nitrogen and oxygen atoms in total. The van der Waals surface area contributed by atoms with Crippen LogP contribution in [-0.2, 0) is 13.2 Å². The zero-order chi connectivity index (χ0) is 21.6. The molecule has 1 N–H and O–H groups in total. The fourth-order valence-corrected chi connectivity index (χ4v) is 4.55. The fourth-order valence-electron chi connectivity index (χ4n) is 3.74.